The highest BCUT2D eigenvalue weighted by molar-refractivity contribution is 5.33. The Morgan fingerprint density at radius 2 is 2.22 bits per heavy atom. The standard InChI is InChI=1S/C13H18N2O3/c1-10(14-8-11-6-7-18-9-11)12-2-4-13(5-3-12)15(16)17/h2-5,10-11,14H,6-9H2,1H3. The lowest BCUT2D eigenvalue weighted by Crippen LogP contribution is -2.25. The van der Waals surface area contributed by atoms with Gasteiger partial charge in [-0.2, -0.15) is 0 Å². The highest BCUT2D eigenvalue weighted by Gasteiger charge is 2.16. The van der Waals surface area contributed by atoms with E-state index < -0.39 is 0 Å². The number of hydrogen-bond donors (Lipinski definition) is 1. The minimum Gasteiger partial charge on any atom is -0.381 e. The summed E-state index contributed by atoms with van der Waals surface area (Å²) in [5.41, 5.74) is 1.20. The van der Waals surface area contributed by atoms with Crippen LogP contribution in [-0.4, -0.2) is 24.7 Å². The zero-order valence-corrected chi connectivity index (χ0v) is 10.5. The molecule has 0 bridgehead atoms. The van der Waals surface area contributed by atoms with Crippen molar-refractivity contribution in [2.75, 3.05) is 19.8 Å². The van der Waals surface area contributed by atoms with Crippen LogP contribution in [0.15, 0.2) is 24.3 Å². The summed E-state index contributed by atoms with van der Waals surface area (Å²) in [7, 11) is 0. The molecule has 1 aliphatic rings. The van der Waals surface area contributed by atoms with Crippen molar-refractivity contribution in [2.24, 2.45) is 5.92 Å². The van der Waals surface area contributed by atoms with E-state index in [4.69, 9.17) is 4.74 Å². The number of non-ortho nitro benzene ring substituents is 1. The molecule has 0 aliphatic carbocycles. The molecule has 1 saturated heterocycles. The van der Waals surface area contributed by atoms with Gasteiger partial charge >= 0.3 is 0 Å². The van der Waals surface area contributed by atoms with Gasteiger partial charge in [-0.15, -0.1) is 0 Å². The summed E-state index contributed by atoms with van der Waals surface area (Å²) < 4.78 is 5.32. The molecule has 18 heavy (non-hydrogen) atoms. The molecular formula is C13H18N2O3. The fourth-order valence-corrected chi connectivity index (χ4v) is 2.09. The van der Waals surface area contributed by atoms with Crippen molar-refractivity contribution in [3.05, 3.63) is 39.9 Å². The van der Waals surface area contributed by atoms with Crippen LogP contribution in [0.4, 0.5) is 5.69 Å². The molecule has 0 spiro atoms. The summed E-state index contributed by atoms with van der Waals surface area (Å²) in [6, 6.07) is 6.91. The zero-order chi connectivity index (χ0) is 13.0. The topological polar surface area (TPSA) is 64.4 Å². The van der Waals surface area contributed by atoms with Crippen LogP contribution in [0.2, 0.25) is 0 Å². The van der Waals surface area contributed by atoms with Crippen molar-refractivity contribution in [1.29, 1.82) is 0 Å². The second-order valence-electron chi connectivity index (χ2n) is 4.71. The number of nitrogens with one attached hydrogen (secondary N) is 1. The summed E-state index contributed by atoms with van der Waals surface area (Å²) in [4.78, 5) is 10.2. The average Bonchev–Trinajstić information content (AvgIpc) is 2.89. The smallest absolute Gasteiger partial charge is 0.269 e. The molecule has 1 aromatic carbocycles. The lowest BCUT2D eigenvalue weighted by Gasteiger charge is -2.16. The van der Waals surface area contributed by atoms with Crippen molar-refractivity contribution in [1.82, 2.24) is 5.32 Å². The molecule has 1 aliphatic heterocycles. The highest BCUT2D eigenvalue weighted by atomic mass is 16.6. The molecule has 2 rings (SSSR count). The van der Waals surface area contributed by atoms with Crippen molar-refractivity contribution in [3.8, 4) is 0 Å². The molecule has 0 aromatic heterocycles. The first-order valence-electron chi connectivity index (χ1n) is 6.22. The molecule has 5 heteroatoms. The van der Waals surface area contributed by atoms with Gasteiger partial charge in [0.1, 0.15) is 0 Å². The largest absolute Gasteiger partial charge is 0.381 e. The first-order valence-corrected chi connectivity index (χ1v) is 6.22. The van der Waals surface area contributed by atoms with Gasteiger partial charge in [0, 0.05) is 31.3 Å². The molecule has 0 saturated carbocycles. The monoisotopic (exact) mass is 250 g/mol. The maximum atomic E-state index is 10.6. The fraction of sp³-hybridized carbons (Fsp3) is 0.538. The normalized spacial score (nSPS) is 20.8. The lowest BCUT2D eigenvalue weighted by atomic mass is 10.1. The van der Waals surface area contributed by atoms with Crippen molar-refractivity contribution in [3.63, 3.8) is 0 Å². The van der Waals surface area contributed by atoms with Crippen LogP contribution in [0.5, 0.6) is 0 Å². The Hall–Kier alpha value is -1.46. The summed E-state index contributed by atoms with van der Waals surface area (Å²) in [5, 5.41) is 14.0. The van der Waals surface area contributed by atoms with E-state index in [-0.39, 0.29) is 16.7 Å². The summed E-state index contributed by atoms with van der Waals surface area (Å²) in [5.74, 6) is 0.588. The molecule has 1 heterocycles. The Kier molecular flexibility index (Phi) is 4.28. The minimum absolute atomic E-state index is 0.134. The predicted octanol–water partition coefficient (Wildman–Crippen LogP) is 2.28. The molecule has 2 atom stereocenters. The van der Waals surface area contributed by atoms with Gasteiger partial charge in [0.25, 0.3) is 5.69 Å². The van der Waals surface area contributed by atoms with Gasteiger partial charge < -0.3 is 10.1 Å². The Bertz CT molecular complexity index is 399. The van der Waals surface area contributed by atoms with Crippen LogP contribution in [0.3, 0.4) is 0 Å². The maximum absolute atomic E-state index is 10.6. The van der Waals surface area contributed by atoms with E-state index in [9.17, 15) is 10.1 Å². The quantitative estimate of drug-likeness (QED) is 0.643. The van der Waals surface area contributed by atoms with Crippen LogP contribution in [0.1, 0.15) is 24.9 Å². The summed E-state index contributed by atoms with van der Waals surface area (Å²) in [6.45, 7) is 4.69. The Balaban J connectivity index is 1.87. The molecule has 0 radical (unpaired) electrons. The fourth-order valence-electron chi connectivity index (χ4n) is 2.09. The van der Waals surface area contributed by atoms with Gasteiger partial charge in [0.05, 0.1) is 11.5 Å². The van der Waals surface area contributed by atoms with Gasteiger partial charge in [-0.1, -0.05) is 12.1 Å². The van der Waals surface area contributed by atoms with Gasteiger partial charge in [0.15, 0.2) is 0 Å². The number of nitro groups is 1. The van der Waals surface area contributed by atoms with Crippen LogP contribution in [0, 0.1) is 16.0 Å². The van der Waals surface area contributed by atoms with Crippen LogP contribution in [-0.2, 0) is 4.74 Å². The number of rotatable bonds is 5. The SMILES string of the molecule is CC(NCC1CCOC1)c1ccc([N+](=O)[O-])cc1. The van der Waals surface area contributed by atoms with E-state index in [1.165, 1.54) is 0 Å². The number of ether oxygens (including phenoxy) is 1. The Morgan fingerprint density at radius 3 is 2.78 bits per heavy atom. The van der Waals surface area contributed by atoms with E-state index in [2.05, 4.69) is 12.2 Å². The van der Waals surface area contributed by atoms with Crippen molar-refractivity contribution >= 4 is 5.69 Å². The maximum Gasteiger partial charge on any atom is 0.269 e. The van der Waals surface area contributed by atoms with E-state index in [0.29, 0.717) is 5.92 Å². The first kappa shape index (κ1) is 13.0. The Morgan fingerprint density at radius 1 is 1.50 bits per heavy atom. The summed E-state index contributed by atoms with van der Waals surface area (Å²) in [6.07, 6.45) is 1.11. The van der Waals surface area contributed by atoms with E-state index in [1.807, 2.05) is 0 Å². The third kappa shape index (κ3) is 3.27. The molecule has 5 nitrogen and oxygen atoms in total. The van der Waals surface area contributed by atoms with Crippen molar-refractivity contribution < 1.29 is 9.66 Å². The van der Waals surface area contributed by atoms with Crippen LogP contribution in [0.25, 0.3) is 0 Å². The third-order valence-electron chi connectivity index (χ3n) is 3.34. The van der Waals surface area contributed by atoms with E-state index in [0.717, 1.165) is 31.7 Å². The van der Waals surface area contributed by atoms with Gasteiger partial charge in [-0.3, -0.25) is 10.1 Å². The second kappa shape index (κ2) is 5.93. The molecule has 2 unspecified atom stereocenters. The lowest BCUT2D eigenvalue weighted by molar-refractivity contribution is -0.384. The second-order valence-corrected chi connectivity index (χ2v) is 4.71. The van der Waals surface area contributed by atoms with Gasteiger partial charge in [-0.05, 0) is 24.8 Å². The van der Waals surface area contributed by atoms with Crippen LogP contribution < -0.4 is 5.32 Å². The van der Waals surface area contributed by atoms with Gasteiger partial charge in [-0.25, -0.2) is 0 Å². The molecule has 0 amide bonds. The van der Waals surface area contributed by atoms with E-state index >= 15 is 0 Å². The number of nitro benzene ring substituents is 1. The zero-order valence-electron chi connectivity index (χ0n) is 10.5. The molecule has 1 aromatic rings. The molecule has 1 fully saturated rings. The molecular weight excluding hydrogens is 232 g/mol. The molecule has 98 valence electrons. The minimum atomic E-state index is -0.377. The Labute approximate surface area is 106 Å². The number of hydrogen-bond acceptors (Lipinski definition) is 4. The van der Waals surface area contributed by atoms with Gasteiger partial charge in [0.2, 0.25) is 0 Å². The van der Waals surface area contributed by atoms with Crippen LogP contribution >= 0.6 is 0 Å². The first-order chi connectivity index (χ1) is 8.66. The average molecular weight is 250 g/mol. The number of nitrogens with zero attached hydrogens (tertiary/aromatic N) is 1. The van der Waals surface area contributed by atoms with E-state index in [1.54, 1.807) is 24.3 Å². The summed E-state index contributed by atoms with van der Waals surface area (Å²) >= 11 is 0. The third-order valence-corrected chi connectivity index (χ3v) is 3.34. The predicted molar refractivity (Wildman–Crippen MR) is 68.4 cm³/mol. The highest BCUT2D eigenvalue weighted by Crippen LogP contribution is 2.18. The number of benzene rings is 1. The molecule has 1 N–H and O–H groups in total. The van der Waals surface area contributed by atoms with Crippen molar-refractivity contribution in [2.45, 2.75) is 19.4 Å².